The van der Waals surface area contributed by atoms with Crippen molar-refractivity contribution in [2.45, 2.75) is 0 Å². The van der Waals surface area contributed by atoms with E-state index in [1.165, 1.54) is 0 Å². The van der Waals surface area contributed by atoms with E-state index in [0.29, 0.717) is 17.2 Å². The van der Waals surface area contributed by atoms with Crippen molar-refractivity contribution in [1.29, 1.82) is 0 Å². The molecule has 0 unspecified atom stereocenters. The van der Waals surface area contributed by atoms with Gasteiger partial charge >= 0.3 is 0 Å². The molecule has 0 aliphatic carbocycles. The highest BCUT2D eigenvalue weighted by atomic mass is 16.3. The molecule has 0 atom stereocenters. The number of anilines is 1. The van der Waals surface area contributed by atoms with Gasteiger partial charge in [0.2, 0.25) is 5.95 Å². The Hall–Kier alpha value is -2.56. The Morgan fingerprint density at radius 3 is 2.59 bits per heavy atom. The van der Waals surface area contributed by atoms with Gasteiger partial charge in [-0.1, -0.05) is 18.2 Å². The molecule has 3 rings (SSSR count). The van der Waals surface area contributed by atoms with Crippen LogP contribution in [0, 0.1) is 0 Å². The number of phenolic OH excluding ortho intramolecular Hbond substituents is 1. The van der Waals surface area contributed by atoms with Crippen molar-refractivity contribution in [3.05, 3.63) is 42.6 Å². The number of fused-ring (bicyclic) bond motifs is 1. The average Bonchev–Trinajstić information content (AvgIpc) is 2.72. The lowest BCUT2D eigenvalue weighted by Crippen LogP contribution is -1.94. The minimum atomic E-state index is 0.210. The van der Waals surface area contributed by atoms with Crippen LogP contribution in [-0.4, -0.2) is 19.7 Å². The number of rotatable bonds is 1. The van der Waals surface area contributed by atoms with E-state index in [-0.39, 0.29) is 5.75 Å². The second-order valence-corrected chi connectivity index (χ2v) is 3.69. The summed E-state index contributed by atoms with van der Waals surface area (Å²) in [6.45, 7) is 0. The van der Waals surface area contributed by atoms with E-state index in [4.69, 9.17) is 5.73 Å². The van der Waals surface area contributed by atoms with Gasteiger partial charge in [-0.2, -0.15) is 0 Å². The number of pyridine rings is 1. The third-order valence-electron chi connectivity index (χ3n) is 2.66. The van der Waals surface area contributed by atoms with Gasteiger partial charge < -0.3 is 10.8 Å². The van der Waals surface area contributed by atoms with Crippen LogP contribution in [0.4, 0.5) is 5.95 Å². The maximum Gasteiger partial charge on any atom is 0.226 e. The Balaban J connectivity index is 2.35. The smallest absolute Gasteiger partial charge is 0.226 e. The molecule has 0 saturated carbocycles. The van der Waals surface area contributed by atoms with Gasteiger partial charge in [0.05, 0.1) is 0 Å². The Labute approximate surface area is 97.1 Å². The van der Waals surface area contributed by atoms with Gasteiger partial charge in [-0.15, -0.1) is 10.2 Å². The molecule has 0 saturated heterocycles. The summed E-state index contributed by atoms with van der Waals surface area (Å²) in [5, 5.41) is 17.7. The number of aromatic hydroxyl groups is 1. The molecule has 3 N–H and O–H groups in total. The molecule has 0 amide bonds. The van der Waals surface area contributed by atoms with Gasteiger partial charge in [-0.3, -0.25) is 4.40 Å². The molecule has 84 valence electrons. The van der Waals surface area contributed by atoms with Gasteiger partial charge in [0.15, 0.2) is 5.65 Å². The van der Waals surface area contributed by atoms with Gasteiger partial charge in [0.1, 0.15) is 5.75 Å². The zero-order valence-corrected chi connectivity index (χ0v) is 8.91. The van der Waals surface area contributed by atoms with Gasteiger partial charge in [0.25, 0.3) is 0 Å². The fraction of sp³-hybridized carbons (Fsp3) is 0. The predicted molar refractivity (Wildman–Crippen MR) is 64.5 cm³/mol. The quantitative estimate of drug-likeness (QED) is 0.662. The molecule has 0 fully saturated rings. The second kappa shape index (κ2) is 3.48. The first-order valence-electron chi connectivity index (χ1n) is 5.15. The molecule has 2 aromatic heterocycles. The summed E-state index contributed by atoms with van der Waals surface area (Å²) in [5.74, 6) is 0.541. The summed E-state index contributed by atoms with van der Waals surface area (Å²) in [7, 11) is 0. The number of benzene rings is 1. The summed E-state index contributed by atoms with van der Waals surface area (Å²) in [5.41, 5.74) is 7.83. The van der Waals surface area contributed by atoms with Crippen LogP contribution in [0.3, 0.4) is 0 Å². The number of hydrogen-bond donors (Lipinski definition) is 2. The molecule has 0 radical (unpaired) electrons. The lowest BCUT2D eigenvalue weighted by atomic mass is 10.1. The van der Waals surface area contributed by atoms with Crippen molar-refractivity contribution >= 4 is 11.6 Å². The van der Waals surface area contributed by atoms with Gasteiger partial charge in [-0.05, 0) is 18.2 Å². The monoisotopic (exact) mass is 226 g/mol. The van der Waals surface area contributed by atoms with E-state index >= 15 is 0 Å². The topological polar surface area (TPSA) is 76.4 Å². The van der Waals surface area contributed by atoms with E-state index in [9.17, 15) is 5.11 Å². The zero-order valence-electron chi connectivity index (χ0n) is 8.91. The van der Waals surface area contributed by atoms with E-state index in [0.717, 1.165) is 5.56 Å². The molecular formula is C12H10N4O. The minimum absolute atomic E-state index is 0.210. The maximum absolute atomic E-state index is 9.84. The molecule has 0 aliphatic heterocycles. The molecule has 0 spiro atoms. The van der Waals surface area contributed by atoms with Crippen LogP contribution in [0.5, 0.6) is 5.75 Å². The van der Waals surface area contributed by atoms with Crippen molar-refractivity contribution < 1.29 is 5.11 Å². The lowest BCUT2D eigenvalue weighted by Gasteiger charge is -2.05. The number of phenols is 1. The van der Waals surface area contributed by atoms with Crippen molar-refractivity contribution in [1.82, 2.24) is 14.6 Å². The largest absolute Gasteiger partial charge is 0.507 e. The summed E-state index contributed by atoms with van der Waals surface area (Å²) < 4.78 is 1.68. The van der Waals surface area contributed by atoms with Crippen LogP contribution in [-0.2, 0) is 0 Å². The summed E-state index contributed by atoms with van der Waals surface area (Å²) >= 11 is 0. The highest BCUT2D eigenvalue weighted by Crippen LogP contribution is 2.31. The van der Waals surface area contributed by atoms with E-state index in [1.807, 2.05) is 24.3 Å². The van der Waals surface area contributed by atoms with Crippen molar-refractivity contribution in [2.24, 2.45) is 0 Å². The SMILES string of the molecule is Nc1nnc2c(-c3ccccc3O)cccn12. The number of para-hydroxylation sites is 1. The Morgan fingerprint density at radius 1 is 1.00 bits per heavy atom. The van der Waals surface area contributed by atoms with Crippen LogP contribution in [0.25, 0.3) is 16.8 Å². The van der Waals surface area contributed by atoms with E-state index in [1.54, 1.807) is 22.7 Å². The molecule has 2 heterocycles. The number of nitrogens with two attached hydrogens (primary N) is 1. The highest BCUT2D eigenvalue weighted by Gasteiger charge is 2.10. The first-order valence-corrected chi connectivity index (χ1v) is 5.15. The number of aromatic nitrogens is 3. The molecule has 0 aliphatic rings. The molecule has 17 heavy (non-hydrogen) atoms. The first-order chi connectivity index (χ1) is 8.27. The third kappa shape index (κ3) is 1.40. The highest BCUT2D eigenvalue weighted by molar-refractivity contribution is 5.81. The second-order valence-electron chi connectivity index (χ2n) is 3.69. The molecule has 0 bridgehead atoms. The van der Waals surface area contributed by atoms with Gasteiger partial charge in [0, 0.05) is 17.3 Å². The van der Waals surface area contributed by atoms with Crippen molar-refractivity contribution in [3.8, 4) is 16.9 Å². The fourth-order valence-electron chi connectivity index (χ4n) is 1.85. The standard InChI is InChI=1S/C12H10N4O/c13-12-15-14-11-9(5-3-7-16(11)12)8-4-1-2-6-10(8)17/h1-7,17H,(H2,13,15). The Kier molecular flexibility index (Phi) is 1.98. The lowest BCUT2D eigenvalue weighted by molar-refractivity contribution is 0.477. The van der Waals surface area contributed by atoms with Crippen LogP contribution >= 0.6 is 0 Å². The van der Waals surface area contributed by atoms with Gasteiger partial charge in [-0.25, -0.2) is 0 Å². The molecule has 5 nitrogen and oxygen atoms in total. The van der Waals surface area contributed by atoms with Crippen LogP contribution in [0.15, 0.2) is 42.6 Å². The maximum atomic E-state index is 9.84. The predicted octanol–water partition coefficient (Wildman–Crippen LogP) is 1.68. The molecular weight excluding hydrogens is 216 g/mol. The Morgan fingerprint density at radius 2 is 1.76 bits per heavy atom. The summed E-state index contributed by atoms with van der Waals surface area (Å²) in [6.07, 6.45) is 1.79. The number of nitrogens with zero attached hydrogens (tertiary/aromatic N) is 3. The third-order valence-corrected chi connectivity index (χ3v) is 2.66. The zero-order chi connectivity index (χ0) is 11.8. The molecule has 5 heteroatoms. The normalized spacial score (nSPS) is 10.8. The van der Waals surface area contributed by atoms with E-state index < -0.39 is 0 Å². The van der Waals surface area contributed by atoms with Crippen LogP contribution in [0.1, 0.15) is 0 Å². The van der Waals surface area contributed by atoms with Crippen molar-refractivity contribution in [3.63, 3.8) is 0 Å². The van der Waals surface area contributed by atoms with E-state index in [2.05, 4.69) is 10.2 Å². The van der Waals surface area contributed by atoms with Crippen LogP contribution < -0.4 is 5.73 Å². The summed E-state index contributed by atoms with van der Waals surface area (Å²) in [4.78, 5) is 0. The minimum Gasteiger partial charge on any atom is -0.507 e. The first kappa shape index (κ1) is 9.65. The number of nitrogen functional groups attached to an aromatic ring is 1. The molecule has 1 aromatic carbocycles. The fourth-order valence-corrected chi connectivity index (χ4v) is 1.85. The van der Waals surface area contributed by atoms with Crippen LogP contribution in [0.2, 0.25) is 0 Å². The molecule has 3 aromatic rings. The Bertz CT molecular complexity index is 690. The number of hydrogen-bond acceptors (Lipinski definition) is 4. The average molecular weight is 226 g/mol. The van der Waals surface area contributed by atoms with Crippen molar-refractivity contribution in [2.75, 3.05) is 5.73 Å². The summed E-state index contributed by atoms with van der Waals surface area (Å²) in [6, 6.07) is 10.8.